The number of allylic oxidation sites excluding steroid dienone is 1. The Morgan fingerprint density at radius 1 is 1.20 bits per heavy atom. The Morgan fingerprint density at radius 2 is 1.96 bits per heavy atom. The van der Waals surface area contributed by atoms with Crippen molar-refractivity contribution in [2.75, 3.05) is 0 Å². The average molecular weight is 365 g/mol. The zero-order valence-corrected chi connectivity index (χ0v) is 13.3. The first-order valence-corrected chi connectivity index (χ1v) is 7.86. The smallest absolute Gasteiger partial charge is 0.462 e. The number of ketones is 1. The van der Waals surface area contributed by atoms with Gasteiger partial charge in [0.15, 0.2) is 16.6 Å². The van der Waals surface area contributed by atoms with Crippen molar-refractivity contribution >= 4 is 23.2 Å². The number of hydrogen-bond donors (Lipinski definition) is 0. The number of benzene rings is 1. The Bertz CT molecular complexity index is 881. The highest BCUT2D eigenvalue weighted by atomic mass is 32.1. The Labute approximate surface area is 144 Å². The van der Waals surface area contributed by atoms with Crippen LogP contribution in [0.4, 0.5) is 13.2 Å². The molecule has 4 nitrogen and oxygen atoms in total. The fourth-order valence-electron chi connectivity index (χ4n) is 1.95. The highest BCUT2D eigenvalue weighted by Crippen LogP contribution is 2.25. The molecule has 1 aromatic carbocycles. The van der Waals surface area contributed by atoms with Gasteiger partial charge in [-0.05, 0) is 48.6 Å². The summed E-state index contributed by atoms with van der Waals surface area (Å²) in [7, 11) is 0. The number of carbonyl (C=O) groups excluding carboxylic acids is 1. The second-order valence-electron chi connectivity index (χ2n) is 4.82. The van der Waals surface area contributed by atoms with E-state index in [1.165, 1.54) is 35.6 Å². The molecule has 0 aliphatic heterocycles. The summed E-state index contributed by atoms with van der Waals surface area (Å²) in [6.45, 7) is 0. The summed E-state index contributed by atoms with van der Waals surface area (Å²) in [5.74, 6) is -0.0991. The minimum Gasteiger partial charge on any atom is -0.462 e. The molecule has 2 heterocycles. The molecular weight excluding hydrogens is 355 g/mol. The van der Waals surface area contributed by atoms with Crippen LogP contribution in [0.1, 0.15) is 16.1 Å². The van der Waals surface area contributed by atoms with Gasteiger partial charge in [-0.15, -0.1) is 24.5 Å². The molecule has 2 aromatic heterocycles. The molecule has 0 atom stereocenters. The van der Waals surface area contributed by atoms with Gasteiger partial charge in [-0.3, -0.25) is 4.79 Å². The van der Waals surface area contributed by atoms with Crippen molar-refractivity contribution in [3.05, 3.63) is 65.4 Å². The number of ether oxygens (including phenoxy) is 1. The predicted molar refractivity (Wildman–Crippen MR) is 86.3 cm³/mol. The number of carbonyl (C=O) groups is 1. The number of hydrogen-bond acceptors (Lipinski definition) is 5. The fourth-order valence-corrected chi connectivity index (χ4v) is 2.71. The topological polar surface area (TPSA) is 52.3 Å². The van der Waals surface area contributed by atoms with E-state index in [2.05, 4.69) is 9.72 Å². The first-order valence-electron chi connectivity index (χ1n) is 6.98. The van der Waals surface area contributed by atoms with Gasteiger partial charge in [0, 0.05) is 10.9 Å². The molecule has 0 aliphatic rings. The van der Waals surface area contributed by atoms with E-state index in [1.54, 1.807) is 23.8 Å². The van der Waals surface area contributed by atoms with Gasteiger partial charge in [-0.2, -0.15) is 0 Å². The minimum absolute atomic E-state index is 0.243. The number of alkyl halides is 3. The third-order valence-electron chi connectivity index (χ3n) is 3.03. The molecule has 0 fully saturated rings. The molecule has 0 radical (unpaired) electrons. The number of thiazole rings is 1. The van der Waals surface area contributed by atoms with Crippen molar-refractivity contribution in [1.82, 2.24) is 4.98 Å². The van der Waals surface area contributed by atoms with Crippen molar-refractivity contribution in [2.24, 2.45) is 0 Å². The third-order valence-corrected chi connectivity index (χ3v) is 3.91. The zero-order chi connectivity index (χ0) is 17.9. The number of aromatic nitrogens is 1. The van der Waals surface area contributed by atoms with E-state index in [-0.39, 0.29) is 17.1 Å². The second-order valence-corrected chi connectivity index (χ2v) is 5.68. The maximum atomic E-state index is 12.1. The van der Waals surface area contributed by atoms with Crippen LogP contribution in [0.25, 0.3) is 16.8 Å². The van der Waals surface area contributed by atoms with Crippen LogP contribution < -0.4 is 4.74 Å². The molecule has 3 aromatic rings. The van der Waals surface area contributed by atoms with Crippen LogP contribution in [0.15, 0.2) is 58.5 Å². The summed E-state index contributed by atoms with van der Waals surface area (Å²) in [4.78, 5) is 16.4. The van der Waals surface area contributed by atoms with Crippen molar-refractivity contribution in [3.63, 3.8) is 0 Å². The van der Waals surface area contributed by atoms with Gasteiger partial charge in [0.1, 0.15) is 5.75 Å². The maximum Gasteiger partial charge on any atom is 0.573 e. The lowest BCUT2D eigenvalue weighted by Crippen LogP contribution is -2.17. The van der Waals surface area contributed by atoms with Gasteiger partial charge in [0.25, 0.3) is 0 Å². The Hall–Kier alpha value is -2.87. The SMILES string of the molecule is O=C(C=Cc1csc(-c2ccco2)n1)c1ccc(OC(F)(F)F)cc1. The number of furan rings is 1. The molecule has 0 N–H and O–H groups in total. The summed E-state index contributed by atoms with van der Waals surface area (Å²) >= 11 is 1.37. The van der Waals surface area contributed by atoms with Crippen molar-refractivity contribution in [3.8, 4) is 16.5 Å². The summed E-state index contributed by atoms with van der Waals surface area (Å²) < 4.78 is 45.3. The van der Waals surface area contributed by atoms with Crippen LogP contribution >= 0.6 is 11.3 Å². The van der Waals surface area contributed by atoms with E-state index >= 15 is 0 Å². The van der Waals surface area contributed by atoms with Gasteiger partial charge in [0.05, 0.1) is 12.0 Å². The van der Waals surface area contributed by atoms with Crippen molar-refractivity contribution < 1.29 is 27.1 Å². The van der Waals surface area contributed by atoms with Crippen LogP contribution in [-0.4, -0.2) is 17.1 Å². The van der Waals surface area contributed by atoms with E-state index in [0.29, 0.717) is 16.5 Å². The lowest BCUT2D eigenvalue weighted by molar-refractivity contribution is -0.274. The van der Waals surface area contributed by atoms with Crippen LogP contribution in [0, 0.1) is 0 Å². The van der Waals surface area contributed by atoms with Gasteiger partial charge < -0.3 is 9.15 Å². The third kappa shape index (κ3) is 4.57. The molecule has 128 valence electrons. The maximum absolute atomic E-state index is 12.1. The summed E-state index contributed by atoms with van der Waals surface area (Å²) in [5, 5.41) is 2.45. The molecule has 25 heavy (non-hydrogen) atoms. The van der Waals surface area contributed by atoms with Crippen molar-refractivity contribution in [1.29, 1.82) is 0 Å². The minimum atomic E-state index is -4.76. The number of halogens is 3. The average Bonchev–Trinajstić information content (AvgIpc) is 3.23. The van der Waals surface area contributed by atoms with E-state index in [4.69, 9.17) is 4.42 Å². The van der Waals surface area contributed by atoms with Gasteiger partial charge in [0.2, 0.25) is 0 Å². The highest BCUT2D eigenvalue weighted by Gasteiger charge is 2.31. The summed E-state index contributed by atoms with van der Waals surface area (Å²) in [6, 6.07) is 8.25. The standard InChI is InChI=1S/C17H10F3NO3S/c18-17(19,20)24-13-6-3-11(4-7-13)14(22)8-5-12-10-25-16(21-12)15-2-1-9-23-15/h1-10H. The molecule has 3 rings (SSSR count). The Kier molecular flexibility index (Phi) is 4.71. The zero-order valence-electron chi connectivity index (χ0n) is 12.5. The molecule has 0 spiro atoms. The normalized spacial score (nSPS) is 11.8. The number of rotatable bonds is 5. The largest absolute Gasteiger partial charge is 0.573 e. The van der Waals surface area contributed by atoms with Gasteiger partial charge in [-0.1, -0.05) is 0 Å². The Morgan fingerprint density at radius 3 is 2.60 bits per heavy atom. The molecule has 0 saturated heterocycles. The predicted octanol–water partition coefficient (Wildman–Crippen LogP) is 5.20. The highest BCUT2D eigenvalue weighted by molar-refractivity contribution is 7.13. The second kappa shape index (κ2) is 6.94. The van der Waals surface area contributed by atoms with Crippen molar-refractivity contribution in [2.45, 2.75) is 6.36 Å². The molecule has 0 bridgehead atoms. The molecule has 0 saturated carbocycles. The first kappa shape index (κ1) is 17.0. The van der Waals surface area contributed by atoms with E-state index < -0.39 is 6.36 Å². The molecule has 8 heteroatoms. The first-order chi connectivity index (χ1) is 11.9. The molecule has 0 unspecified atom stereocenters. The quantitative estimate of drug-likeness (QED) is 0.461. The summed E-state index contributed by atoms with van der Waals surface area (Å²) in [5.41, 5.74) is 0.828. The van der Waals surface area contributed by atoms with E-state index in [1.807, 2.05) is 0 Å². The van der Waals surface area contributed by atoms with Crippen LogP contribution in [-0.2, 0) is 0 Å². The molecular formula is C17H10F3NO3S. The molecule has 0 amide bonds. The van der Waals surface area contributed by atoms with E-state index in [9.17, 15) is 18.0 Å². The van der Waals surface area contributed by atoms with E-state index in [0.717, 1.165) is 12.1 Å². The number of nitrogens with zero attached hydrogens (tertiary/aromatic N) is 1. The fraction of sp³-hybridized carbons (Fsp3) is 0.0588. The molecule has 0 aliphatic carbocycles. The Balaban J connectivity index is 1.66. The van der Waals surface area contributed by atoms with Crippen LogP contribution in [0.2, 0.25) is 0 Å². The summed E-state index contributed by atoms with van der Waals surface area (Å²) in [6.07, 6.45) is -0.379. The van der Waals surface area contributed by atoms with Gasteiger partial charge >= 0.3 is 6.36 Å². The lowest BCUT2D eigenvalue weighted by Gasteiger charge is -2.08. The van der Waals surface area contributed by atoms with Crippen LogP contribution in [0.5, 0.6) is 5.75 Å². The lowest BCUT2D eigenvalue weighted by atomic mass is 10.1. The van der Waals surface area contributed by atoms with Crippen LogP contribution in [0.3, 0.4) is 0 Å². The monoisotopic (exact) mass is 365 g/mol. The van der Waals surface area contributed by atoms with Gasteiger partial charge in [-0.25, -0.2) is 4.98 Å².